The number of hydrogen-bond acceptors (Lipinski definition) is 5. The lowest BCUT2D eigenvalue weighted by molar-refractivity contribution is -0.135. The van der Waals surface area contributed by atoms with E-state index in [4.69, 9.17) is 9.84 Å². The summed E-state index contributed by atoms with van der Waals surface area (Å²) in [5.41, 5.74) is 2.60. The van der Waals surface area contributed by atoms with Crippen LogP contribution in [0.15, 0.2) is 30.5 Å². The van der Waals surface area contributed by atoms with E-state index >= 15 is 0 Å². The maximum Gasteiger partial charge on any atom is 0.323 e. The summed E-state index contributed by atoms with van der Waals surface area (Å²) in [6, 6.07) is 7.64. The minimum absolute atomic E-state index is 0.142. The number of ether oxygens (including phenoxy) is 1. The summed E-state index contributed by atoms with van der Waals surface area (Å²) in [5.74, 6) is 0.256. The standard InChI is InChI=1S/C14H13N3O3/c1-17(7-12(18)19)14-15-6-9-8-20-11-5-3-2-4-10(11)13(9)16-14/h2-6H,7-8H2,1H3,(H,18,19). The molecule has 0 aliphatic carbocycles. The van der Waals surface area contributed by atoms with E-state index < -0.39 is 5.97 Å². The first-order chi connectivity index (χ1) is 9.65. The predicted octanol–water partition coefficient (Wildman–Crippen LogP) is 1.56. The highest BCUT2D eigenvalue weighted by molar-refractivity contribution is 5.74. The molecular formula is C14H13N3O3. The van der Waals surface area contributed by atoms with Gasteiger partial charge in [-0.05, 0) is 12.1 Å². The highest BCUT2D eigenvalue weighted by Gasteiger charge is 2.20. The molecule has 1 aromatic heterocycles. The Hall–Kier alpha value is -2.63. The molecule has 0 amide bonds. The third kappa shape index (κ3) is 2.16. The zero-order valence-electron chi connectivity index (χ0n) is 10.9. The number of carboxylic acids is 1. The van der Waals surface area contributed by atoms with E-state index in [2.05, 4.69) is 9.97 Å². The number of para-hydroxylation sites is 1. The summed E-state index contributed by atoms with van der Waals surface area (Å²) >= 11 is 0. The van der Waals surface area contributed by atoms with E-state index in [9.17, 15) is 4.79 Å². The van der Waals surface area contributed by atoms with Crippen LogP contribution in [-0.4, -0.2) is 34.6 Å². The van der Waals surface area contributed by atoms with E-state index in [0.29, 0.717) is 12.6 Å². The van der Waals surface area contributed by atoms with Crippen LogP contribution in [0.2, 0.25) is 0 Å². The van der Waals surface area contributed by atoms with Gasteiger partial charge in [-0.2, -0.15) is 0 Å². The summed E-state index contributed by atoms with van der Waals surface area (Å²) in [4.78, 5) is 20.9. The van der Waals surface area contributed by atoms with Gasteiger partial charge in [0, 0.05) is 24.4 Å². The van der Waals surface area contributed by atoms with Crippen molar-refractivity contribution < 1.29 is 14.6 Å². The summed E-state index contributed by atoms with van der Waals surface area (Å²) in [5, 5.41) is 8.82. The second-order valence-corrected chi connectivity index (χ2v) is 4.58. The fourth-order valence-corrected chi connectivity index (χ4v) is 2.14. The average Bonchev–Trinajstić information content (AvgIpc) is 2.46. The van der Waals surface area contributed by atoms with Crippen LogP contribution in [0, 0.1) is 0 Å². The van der Waals surface area contributed by atoms with Crippen LogP contribution in [0.5, 0.6) is 5.75 Å². The Morgan fingerprint density at radius 3 is 3.05 bits per heavy atom. The quantitative estimate of drug-likeness (QED) is 0.913. The molecule has 102 valence electrons. The molecule has 0 spiro atoms. The second kappa shape index (κ2) is 4.80. The number of aromatic nitrogens is 2. The molecule has 1 N–H and O–H groups in total. The number of hydrogen-bond donors (Lipinski definition) is 1. The first kappa shape index (κ1) is 12.4. The Morgan fingerprint density at radius 1 is 1.45 bits per heavy atom. The van der Waals surface area contributed by atoms with Gasteiger partial charge in [-0.15, -0.1) is 0 Å². The van der Waals surface area contributed by atoms with Crippen LogP contribution in [0.3, 0.4) is 0 Å². The lowest BCUT2D eigenvalue weighted by Gasteiger charge is -2.21. The minimum Gasteiger partial charge on any atom is -0.488 e. The van der Waals surface area contributed by atoms with E-state index in [-0.39, 0.29) is 6.54 Å². The van der Waals surface area contributed by atoms with E-state index in [0.717, 1.165) is 22.6 Å². The molecule has 0 atom stereocenters. The Balaban J connectivity index is 2.03. The number of carboxylic acid groups (broad SMARTS) is 1. The number of rotatable bonds is 3. The molecule has 0 saturated heterocycles. The summed E-state index contributed by atoms with van der Waals surface area (Å²) < 4.78 is 5.63. The summed E-state index contributed by atoms with van der Waals surface area (Å²) in [7, 11) is 1.65. The highest BCUT2D eigenvalue weighted by atomic mass is 16.5. The maximum atomic E-state index is 10.8. The van der Waals surface area contributed by atoms with Gasteiger partial charge in [0.05, 0.1) is 5.69 Å². The van der Waals surface area contributed by atoms with Gasteiger partial charge in [0.2, 0.25) is 5.95 Å². The Morgan fingerprint density at radius 2 is 2.25 bits per heavy atom. The fraction of sp³-hybridized carbons (Fsp3) is 0.214. The molecular weight excluding hydrogens is 258 g/mol. The Kier molecular flexibility index (Phi) is 2.98. The Bertz CT molecular complexity index is 672. The van der Waals surface area contributed by atoms with E-state index in [1.54, 1.807) is 13.2 Å². The number of anilines is 1. The molecule has 6 nitrogen and oxygen atoms in total. The fourth-order valence-electron chi connectivity index (χ4n) is 2.14. The molecule has 0 bridgehead atoms. The Labute approximate surface area is 115 Å². The monoisotopic (exact) mass is 271 g/mol. The number of benzene rings is 1. The first-order valence-corrected chi connectivity index (χ1v) is 6.16. The van der Waals surface area contributed by atoms with Crippen molar-refractivity contribution in [2.75, 3.05) is 18.5 Å². The summed E-state index contributed by atoms with van der Waals surface area (Å²) in [6.07, 6.45) is 1.69. The topological polar surface area (TPSA) is 75.6 Å². The predicted molar refractivity (Wildman–Crippen MR) is 72.7 cm³/mol. The van der Waals surface area contributed by atoms with Crippen LogP contribution in [0.1, 0.15) is 5.56 Å². The van der Waals surface area contributed by atoms with Gasteiger partial charge >= 0.3 is 5.97 Å². The van der Waals surface area contributed by atoms with Gasteiger partial charge in [0.25, 0.3) is 0 Å². The molecule has 0 radical (unpaired) electrons. The molecule has 0 saturated carbocycles. The molecule has 20 heavy (non-hydrogen) atoms. The van der Waals surface area contributed by atoms with Gasteiger partial charge in [-0.1, -0.05) is 12.1 Å². The van der Waals surface area contributed by atoms with Crippen LogP contribution in [0.25, 0.3) is 11.3 Å². The smallest absolute Gasteiger partial charge is 0.323 e. The van der Waals surface area contributed by atoms with Crippen molar-refractivity contribution in [2.45, 2.75) is 6.61 Å². The van der Waals surface area contributed by atoms with E-state index in [1.807, 2.05) is 24.3 Å². The molecule has 0 fully saturated rings. The number of fused-ring (bicyclic) bond motifs is 3. The van der Waals surface area contributed by atoms with Gasteiger partial charge in [0.15, 0.2) is 0 Å². The van der Waals surface area contributed by atoms with Crippen molar-refractivity contribution in [2.24, 2.45) is 0 Å². The average molecular weight is 271 g/mol. The minimum atomic E-state index is -0.919. The largest absolute Gasteiger partial charge is 0.488 e. The van der Waals surface area contributed by atoms with Gasteiger partial charge in [0.1, 0.15) is 18.9 Å². The van der Waals surface area contributed by atoms with Crippen molar-refractivity contribution in [3.63, 3.8) is 0 Å². The zero-order chi connectivity index (χ0) is 14.1. The van der Waals surface area contributed by atoms with Crippen LogP contribution < -0.4 is 9.64 Å². The third-order valence-corrected chi connectivity index (χ3v) is 3.09. The molecule has 1 aromatic carbocycles. The first-order valence-electron chi connectivity index (χ1n) is 6.16. The molecule has 1 aliphatic heterocycles. The number of likely N-dealkylation sites (N-methyl/N-ethyl adjacent to an activating group) is 1. The molecule has 2 aromatic rings. The van der Waals surface area contributed by atoms with Crippen molar-refractivity contribution in [3.05, 3.63) is 36.0 Å². The summed E-state index contributed by atoms with van der Waals surface area (Å²) in [6.45, 7) is 0.284. The molecule has 2 heterocycles. The molecule has 0 unspecified atom stereocenters. The van der Waals surface area contributed by atoms with Crippen molar-refractivity contribution >= 4 is 11.9 Å². The maximum absolute atomic E-state index is 10.8. The number of aliphatic carboxylic acids is 1. The molecule has 3 rings (SSSR count). The van der Waals surface area contributed by atoms with Gasteiger partial charge in [-0.3, -0.25) is 4.79 Å². The molecule has 1 aliphatic rings. The van der Waals surface area contributed by atoms with Gasteiger partial charge < -0.3 is 14.7 Å². The highest BCUT2D eigenvalue weighted by Crippen LogP contribution is 2.36. The lowest BCUT2D eigenvalue weighted by atomic mass is 10.0. The van der Waals surface area contributed by atoms with Crippen molar-refractivity contribution in [1.82, 2.24) is 9.97 Å². The molecule has 6 heteroatoms. The van der Waals surface area contributed by atoms with Crippen LogP contribution in [-0.2, 0) is 11.4 Å². The third-order valence-electron chi connectivity index (χ3n) is 3.09. The van der Waals surface area contributed by atoms with Crippen molar-refractivity contribution in [1.29, 1.82) is 0 Å². The van der Waals surface area contributed by atoms with Crippen LogP contribution in [0.4, 0.5) is 5.95 Å². The number of nitrogens with zero attached hydrogens (tertiary/aromatic N) is 3. The van der Waals surface area contributed by atoms with Crippen LogP contribution >= 0.6 is 0 Å². The van der Waals surface area contributed by atoms with Gasteiger partial charge in [-0.25, -0.2) is 9.97 Å². The lowest BCUT2D eigenvalue weighted by Crippen LogP contribution is -2.27. The zero-order valence-corrected chi connectivity index (χ0v) is 10.9. The normalized spacial score (nSPS) is 12.1. The van der Waals surface area contributed by atoms with E-state index in [1.165, 1.54) is 4.90 Å². The number of carbonyl (C=O) groups is 1. The SMILES string of the molecule is CN(CC(=O)O)c1ncc2c(n1)-c1ccccc1OC2. The van der Waals surface area contributed by atoms with Crippen molar-refractivity contribution in [3.8, 4) is 17.0 Å². The second-order valence-electron chi connectivity index (χ2n) is 4.58.